The van der Waals surface area contributed by atoms with Crippen molar-refractivity contribution >= 4 is 15.9 Å². The van der Waals surface area contributed by atoms with Gasteiger partial charge in [-0.15, -0.1) is 0 Å². The van der Waals surface area contributed by atoms with Gasteiger partial charge in [0.2, 0.25) is 0 Å². The number of aromatic nitrogens is 2. The molecule has 4 heteroatoms. The molecule has 21 heavy (non-hydrogen) atoms. The summed E-state index contributed by atoms with van der Waals surface area (Å²) in [5, 5.41) is 3.54. The lowest BCUT2D eigenvalue weighted by Crippen LogP contribution is -2.18. The molecule has 1 aromatic carbocycles. The van der Waals surface area contributed by atoms with Crippen LogP contribution < -0.4 is 5.32 Å². The molecular formula is C17H20BrN3. The first kappa shape index (κ1) is 14.7. The van der Waals surface area contributed by atoms with E-state index in [0.717, 1.165) is 33.8 Å². The lowest BCUT2D eigenvalue weighted by atomic mass is 10.1. The summed E-state index contributed by atoms with van der Waals surface area (Å²) in [6.45, 7) is 7.11. The molecule has 110 valence electrons. The van der Waals surface area contributed by atoms with Crippen LogP contribution in [0.25, 0.3) is 11.4 Å². The minimum Gasteiger partial charge on any atom is -0.310 e. The Morgan fingerprint density at radius 2 is 1.81 bits per heavy atom. The van der Waals surface area contributed by atoms with E-state index in [-0.39, 0.29) is 0 Å². The maximum Gasteiger partial charge on any atom is 0.159 e. The third-order valence-electron chi connectivity index (χ3n) is 4.00. The van der Waals surface area contributed by atoms with Gasteiger partial charge < -0.3 is 5.32 Å². The minimum absolute atomic E-state index is 0.705. The highest BCUT2D eigenvalue weighted by Gasteiger charge is 2.21. The minimum atomic E-state index is 0.705. The Kier molecular flexibility index (Phi) is 4.09. The predicted molar refractivity (Wildman–Crippen MR) is 89.2 cm³/mol. The molecule has 1 aliphatic rings. The maximum atomic E-state index is 4.70. The molecule has 1 fully saturated rings. The standard InChI is InChI=1S/C17H20BrN3/c1-10-4-5-13(8-16(10)18)17-20-11(2)15(12(3)21-17)9-19-14-6-7-14/h4-5,8,14,19H,6-7,9H2,1-3H3. The van der Waals surface area contributed by atoms with Crippen LogP contribution in [-0.2, 0) is 6.54 Å². The molecule has 1 aromatic heterocycles. The van der Waals surface area contributed by atoms with Crippen molar-refractivity contribution in [1.82, 2.24) is 15.3 Å². The van der Waals surface area contributed by atoms with E-state index in [1.54, 1.807) is 0 Å². The molecule has 0 atom stereocenters. The van der Waals surface area contributed by atoms with Crippen molar-refractivity contribution in [2.24, 2.45) is 0 Å². The highest BCUT2D eigenvalue weighted by atomic mass is 79.9. The Bertz CT molecular complexity index is 655. The number of aryl methyl sites for hydroxylation is 3. The molecule has 0 bridgehead atoms. The summed E-state index contributed by atoms with van der Waals surface area (Å²) in [5.74, 6) is 0.806. The quantitative estimate of drug-likeness (QED) is 0.906. The fraction of sp³-hybridized carbons (Fsp3) is 0.412. The van der Waals surface area contributed by atoms with Crippen LogP contribution in [0.3, 0.4) is 0 Å². The number of hydrogen-bond donors (Lipinski definition) is 1. The molecule has 0 unspecified atom stereocenters. The number of halogens is 1. The molecular weight excluding hydrogens is 326 g/mol. The Balaban J connectivity index is 1.90. The SMILES string of the molecule is Cc1ccc(-c2nc(C)c(CNC3CC3)c(C)n2)cc1Br. The number of benzene rings is 1. The molecule has 2 aromatic rings. The second kappa shape index (κ2) is 5.85. The van der Waals surface area contributed by atoms with Gasteiger partial charge in [0.25, 0.3) is 0 Å². The van der Waals surface area contributed by atoms with E-state index in [1.165, 1.54) is 24.0 Å². The second-order valence-corrected chi connectivity index (χ2v) is 6.67. The van der Waals surface area contributed by atoms with Crippen molar-refractivity contribution in [2.75, 3.05) is 0 Å². The third kappa shape index (κ3) is 3.33. The van der Waals surface area contributed by atoms with Gasteiger partial charge in [0.15, 0.2) is 5.82 Å². The molecule has 0 amide bonds. The van der Waals surface area contributed by atoms with Gasteiger partial charge in [-0.2, -0.15) is 0 Å². The maximum absolute atomic E-state index is 4.70. The fourth-order valence-corrected chi connectivity index (χ4v) is 2.77. The Morgan fingerprint density at radius 3 is 2.38 bits per heavy atom. The molecule has 3 nitrogen and oxygen atoms in total. The molecule has 0 radical (unpaired) electrons. The fourth-order valence-electron chi connectivity index (χ4n) is 2.39. The van der Waals surface area contributed by atoms with E-state index < -0.39 is 0 Å². The smallest absolute Gasteiger partial charge is 0.159 e. The largest absolute Gasteiger partial charge is 0.310 e. The van der Waals surface area contributed by atoms with Crippen molar-refractivity contribution < 1.29 is 0 Å². The Hall–Kier alpha value is -1.26. The second-order valence-electron chi connectivity index (χ2n) is 5.82. The van der Waals surface area contributed by atoms with Crippen LogP contribution in [0.15, 0.2) is 22.7 Å². The van der Waals surface area contributed by atoms with Crippen LogP contribution in [0, 0.1) is 20.8 Å². The third-order valence-corrected chi connectivity index (χ3v) is 4.85. The normalized spacial score (nSPS) is 14.5. The van der Waals surface area contributed by atoms with Crippen LogP contribution in [0.1, 0.15) is 35.4 Å². The van der Waals surface area contributed by atoms with Gasteiger partial charge in [-0.3, -0.25) is 0 Å². The van der Waals surface area contributed by atoms with E-state index in [1.807, 2.05) is 0 Å². The van der Waals surface area contributed by atoms with Gasteiger partial charge in [-0.1, -0.05) is 28.1 Å². The van der Waals surface area contributed by atoms with E-state index in [0.29, 0.717) is 6.04 Å². The molecule has 3 rings (SSSR count). The highest BCUT2D eigenvalue weighted by Crippen LogP contribution is 2.25. The van der Waals surface area contributed by atoms with Crippen molar-refractivity contribution in [3.05, 3.63) is 45.2 Å². The first-order valence-corrected chi connectivity index (χ1v) is 8.18. The number of rotatable bonds is 4. The summed E-state index contributed by atoms with van der Waals surface area (Å²) in [7, 11) is 0. The molecule has 1 heterocycles. The van der Waals surface area contributed by atoms with Crippen LogP contribution in [0.5, 0.6) is 0 Å². The average Bonchev–Trinajstić information content (AvgIpc) is 3.25. The van der Waals surface area contributed by atoms with Crippen LogP contribution in [0.2, 0.25) is 0 Å². The molecule has 0 saturated heterocycles. The Morgan fingerprint density at radius 1 is 1.14 bits per heavy atom. The lowest BCUT2D eigenvalue weighted by Gasteiger charge is -2.12. The summed E-state index contributed by atoms with van der Waals surface area (Å²) in [6.07, 6.45) is 2.60. The summed E-state index contributed by atoms with van der Waals surface area (Å²) in [5.41, 5.74) is 5.65. The first-order valence-electron chi connectivity index (χ1n) is 7.38. The molecule has 1 aliphatic carbocycles. The van der Waals surface area contributed by atoms with Crippen molar-refractivity contribution in [3.8, 4) is 11.4 Å². The zero-order valence-corrected chi connectivity index (χ0v) is 14.3. The monoisotopic (exact) mass is 345 g/mol. The Labute approximate surface area is 134 Å². The van der Waals surface area contributed by atoms with E-state index in [4.69, 9.17) is 9.97 Å². The number of hydrogen-bond acceptors (Lipinski definition) is 3. The molecule has 0 spiro atoms. The van der Waals surface area contributed by atoms with Crippen molar-refractivity contribution in [1.29, 1.82) is 0 Å². The summed E-state index contributed by atoms with van der Waals surface area (Å²) < 4.78 is 1.10. The predicted octanol–water partition coefficient (Wildman–Crippen LogP) is 4.08. The van der Waals surface area contributed by atoms with Gasteiger partial charge in [0.05, 0.1) is 0 Å². The molecule has 1 saturated carbocycles. The number of nitrogens with one attached hydrogen (secondary N) is 1. The van der Waals surface area contributed by atoms with E-state index >= 15 is 0 Å². The number of nitrogens with zero attached hydrogens (tertiary/aromatic N) is 2. The van der Waals surface area contributed by atoms with Gasteiger partial charge in [-0.05, 0) is 45.2 Å². The van der Waals surface area contributed by atoms with Crippen molar-refractivity contribution in [3.63, 3.8) is 0 Å². The van der Waals surface area contributed by atoms with Gasteiger partial charge in [0.1, 0.15) is 0 Å². The van der Waals surface area contributed by atoms with Gasteiger partial charge >= 0.3 is 0 Å². The van der Waals surface area contributed by atoms with Crippen LogP contribution >= 0.6 is 15.9 Å². The van der Waals surface area contributed by atoms with E-state index in [9.17, 15) is 0 Å². The lowest BCUT2D eigenvalue weighted by molar-refractivity contribution is 0.675. The van der Waals surface area contributed by atoms with Crippen molar-refractivity contribution in [2.45, 2.75) is 46.2 Å². The van der Waals surface area contributed by atoms with Gasteiger partial charge in [0, 0.05) is 39.6 Å². The van der Waals surface area contributed by atoms with Gasteiger partial charge in [-0.25, -0.2) is 9.97 Å². The van der Waals surface area contributed by atoms with Crippen LogP contribution in [-0.4, -0.2) is 16.0 Å². The topological polar surface area (TPSA) is 37.8 Å². The zero-order valence-electron chi connectivity index (χ0n) is 12.7. The summed E-state index contributed by atoms with van der Waals surface area (Å²) >= 11 is 3.58. The zero-order chi connectivity index (χ0) is 15.0. The summed E-state index contributed by atoms with van der Waals surface area (Å²) in [4.78, 5) is 9.40. The highest BCUT2D eigenvalue weighted by molar-refractivity contribution is 9.10. The van der Waals surface area contributed by atoms with E-state index in [2.05, 4.69) is 60.2 Å². The van der Waals surface area contributed by atoms with Crippen LogP contribution in [0.4, 0.5) is 0 Å². The molecule has 0 aliphatic heterocycles. The average molecular weight is 346 g/mol. The first-order chi connectivity index (χ1) is 10.0. The summed E-state index contributed by atoms with van der Waals surface area (Å²) in [6, 6.07) is 6.97. The molecule has 1 N–H and O–H groups in total.